The van der Waals surface area contributed by atoms with Crippen LogP contribution in [0.4, 0.5) is 0 Å². The molecule has 0 aromatic heterocycles. The Kier molecular flexibility index (Phi) is 15.4. The van der Waals surface area contributed by atoms with E-state index in [1.165, 1.54) is 77.5 Å². The van der Waals surface area contributed by atoms with Gasteiger partial charge in [0.05, 0.1) is 0 Å². The smallest absolute Gasteiger partial charge is 0.000387 e. The molecule has 0 fully saturated rings. The highest BCUT2D eigenvalue weighted by atomic mass is 15.1. The summed E-state index contributed by atoms with van der Waals surface area (Å²) in [5.41, 5.74) is 0. The van der Waals surface area contributed by atoms with Gasteiger partial charge in [-0.3, -0.25) is 0 Å². The van der Waals surface area contributed by atoms with Crippen LogP contribution < -0.4 is 5.32 Å². The minimum Gasteiger partial charge on any atom is -0.317 e. The number of nitrogens with zero attached hydrogens (tertiary/aromatic N) is 1. The van der Waals surface area contributed by atoms with E-state index in [2.05, 4.69) is 51.9 Å². The van der Waals surface area contributed by atoms with Crippen molar-refractivity contribution in [3.63, 3.8) is 0 Å². The van der Waals surface area contributed by atoms with Gasteiger partial charge in [-0.15, -0.1) is 0 Å². The predicted octanol–water partition coefficient (Wildman–Crippen LogP) is 5.58. The Bertz CT molecular complexity index is 242. The van der Waals surface area contributed by atoms with E-state index in [0.29, 0.717) is 0 Å². The molecule has 0 radical (unpaired) electrons. The van der Waals surface area contributed by atoms with Crippen molar-refractivity contribution in [2.24, 2.45) is 17.8 Å². The molecule has 0 heterocycles. The Morgan fingerprint density at radius 1 is 0.826 bits per heavy atom. The van der Waals surface area contributed by atoms with Gasteiger partial charge in [-0.1, -0.05) is 66.7 Å². The molecule has 0 saturated heterocycles. The van der Waals surface area contributed by atoms with Gasteiger partial charge in [0.1, 0.15) is 0 Å². The third-order valence-electron chi connectivity index (χ3n) is 5.46. The number of hydrogen-bond acceptors (Lipinski definition) is 2. The van der Waals surface area contributed by atoms with Gasteiger partial charge in [-0.25, -0.2) is 0 Å². The zero-order chi connectivity index (χ0) is 17.5. The average molecular weight is 327 g/mol. The second-order valence-electron chi connectivity index (χ2n) is 7.97. The summed E-state index contributed by atoms with van der Waals surface area (Å²) in [5.74, 6) is 2.59. The molecule has 3 atom stereocenters. The van der Waals surface area contributed by atoms with Crippen molar-refractivity contribution in [3.05, 3.63) is 0 Å². The van der Waals surface area contributed by atoms with E-state index in [4.69, 9.17) is 0 Å². The van der Waals surface area contributed by atoms with E-state index in [1.807, 2.05) is 0 Å². The molecule has 0 amide bonds. The van der Waals surface area contributed by atoms with E-state index >= 15 is 0 Å². The minimum absolute atomic E-state index is 0.839. The van der Waals surface area contributed by atoms with Crippen LogP contribution in [-0.2, 0) is 0 Å². The normalized spacial score (nSPS) is 15.8. The van der Waals surface area contributed by atoms with Crippen molar-refractivity contribution in [1.82, 2.24) is 10.2 Å². The van der Waals surface area contributed by atoms with Crippen LogP contribution in [0.15, 0.2) is 0 Å². The van der Waals surface area contributed by atoms with Gasteiger partial charge in [-0.05, 0) is 63.7 Å². The molecule has 140 valence electrons. The quantitative estimate of drug-likeness (QED) is 0.373. The van der Waals surface area contributed by atoms with E-state index < -0.39 is 0 Å². The van der Waals surface area contributed by atoms with Crippen LogP contribution in [0.2, 0.25) is 0 Å². The van der Waals surface area contributed by atoms with Crippen molar-refractivity contribution in [3.8, 4) is 0 Å². The monoisotopic (exact) mass is 326 g/mol. The lowest BCUT2D eigenvalue weighted by atomic mass is 9.89. The first-order valence-electron chi connectivity index (χ1n) is 10.4. The van der Waals surface area contributed by atoms with Crippen LogP contribution in [0.5, 0.6) is 0 Å². The molecule has 3 unspecified atom stereocenters. The maximum Gasteiger partial charge on any atom is 0.000387 e. The molecule has 1 N–H and O–H groups in total. The fraction of sp³-hybridized carbons (Fsp3) is 1.00. The van der Waals surface area contributed by atoms with Crippen LogP contribution in [0, 0.1) is 17.8 Å². The van der Waals surface area contributed by atoms with Gasteiger partial charge in [-0.2, -0.15) is 0 Å². The summed E-state index contributed by atoms with van der Waals surface area (Å²) in [4.78, 5) is 2.51. The first-order valence-corrected chi connectivity index (χ1v) is 10.4. The lowest BCUT2D eigenvalue weighted by Gasteiger charge is -2.20. The van der Waals surface area contributed by atoms with Gasteiger partial charge >= 0.3 is 0 Å². The van der Waals surface area contributed by atoms with Gasteiger partial charge in [0.25, 0.3) is 0 Å². The number of rotatable bonds is 16. The van der Waals surface area contributed by atoms with Crippen LogP contribution in [0.1, 0.15) is 86.0 Å². The second kappa shape index (κ2) is 15.4. The van der Waals surface area contributed by atoms with Crippen molar-refractivity contribution >= 4 is 0 Å². The first kappa shape index (κ1) is 22.9. The molecule has 0 aliphatic heterocycles. The summed E-state index contributed by atoms with van der Waals surface area (Å²) in [6.45, 7) is 16.7. The molecular weight excluding hydrogens is 280 g/mol. The summed E-state index contributed by atoms with van der Waals surface area (Å²) in [6, 6.07) is 0. The molecule has 2 heteroatoms. The average Bonchev–Trinajstić information content (AvgIpc) is 2.52. The molecule has 23 heavy (non-hydrogen) atoms. The SMILES string of the molecule is CCCC(C)C(C)CCNCCCCCCN(C)CC(C)CC. The predicted molar refractivity (Wildman–Crippen MR) is 106 cm³/mol. The molecule has 0 saturated carbocycles. The summed E-state index contributed by atoms with van der Waals surface area (Å²) in [6.07, 6.45) is 10.8. The zero-order valence-electron chi connectivity index (χ0n) is 17.2. The highest BCUT2D eigenvalue weighted by molar-refractivity contribution is 4.63. The van der Waals surface area contributed by atoms with Crippen LogP contribution in [0.3, 0.4) is 0 Å². The summed E-state index contributed by atoms with van der Waals surface area (Å²) in [5, 5.41) is 3.64. The second-order valence-corrected chi connectivity index (χ2v) is 7.97. The molecule has 0 aliphatic rings. The molecule has 0 spiro atoms. The van der Waals surface area contributed by atoms with Crippen LogP contribution in [-0.4, -0.2) is 38.1 Å². The fourth-order valence-electron chi connectivity index (χ4n) is 3.22. The van der Waals surface area contributed by atoms with Crippen molar-refractivity contribution in [1.29, 1.82) is 0 Å². The first-order chi connectivity index (χ1) is 11.0. The maximum atomic E-state index is 3.64. The Morgan fingerprint density at radius 2 is 1.48 bits per heavy atom. The Balaban J connectivity index is 3.33. The molecule has 0 bridgehead atoms. The topological polar surface area (TPSA) is 15.3 Å². The highest BCUT2D eigenvalue weighted by Gasteiger charge is 2.10. The molecule has 0 rings (SSSR count). The maximum absolute atomic E-state index is 3.64. The highest BCUT2D eigenvalue weighted by Crippen LogP contribution is 2.19. The lowest BCUT2D eigenvalue weighted by molar-refractivity contribution is 0.276. The molecule has 2 nitrogen and oxygen atoms in total. The molecular formula is C21H46N2. The standard InChI is InChI=1S/C21H46N2/c1-7-13-20(4)21(5)14-16-22-15-11-9-10-12-17-23(6)18-19(3)8-2/h19-22H,7-18H2,1-6H3. The minimum atomic E-state index is 0.839. The van der Waals surface area contributed by atoms with E-state index in [1.54, 1.807) is 0 Å². The largest absolute Gasteiger partial charge is 0.317 e. The fourth-order valence-corrected chi connectivity index (χ4v) is 3.22. The van der Waals surface area contributed by atoms with Crippen molar-refractivity contribution < 1.29 is 0 Å². The third kappa shape index (κ3) is 14.0. The Hall–Kier alpha value is -0.0800. The van der Waals surface area contributed by atoms with E-state index in [0.717, 1.165) is 17.8 Å². The molecule has 0 aromatic carbocycles. The van der Waals surface area contributed by atoms with E-state index in [9.17, 15) is 0 Å². The van der Waals surface area contributed by atoms with Gasteiger partial charge in [0, 0.05) is 6.54 Å². The molecule has 0 aromatic rings. The van der Waals surface area contributed by atoms with Crippen molar-refractivity contribution in [2.45, 2.75) is 86.0 Å². The lowest BCUT2D eigenvalue weighted by Crippen LogP contribution is -2.25. The van der Waals surface area contributed by atoms with Gasteiger partial charge < -0.3 is 10.2 Å². The molecule has 0 aliphatic carbocycles. The summed E-state index contributed by atoms with van der Waals surface area (Å²) >= 11 is 0. The number of unbranched alkanes of at least 4 members (excludes halogenated alkanes) is 3. The van der Waals surface area contributed by atoms with Gasteiger partial charge in [0.2, 0.25) is 0 Å². The van der Waals surface area contributed by atoms with Gasteiger partial charge in [0.15, 0.2) is 0 Å². The summed E-state index contributed by atoms with van der Waals surface area (Å²) in [7, 11) is 2.27. The summed E-state index contributed by atoms with van der Waals surface area (Å²) < 4.78 is 0. The van der Waals surface area contributed by atoms with Crippen molar-refractivity contribution in [2.75, 3.05) is 33.2 Å². The number of nitrogens with one attached hydrogen (secondary N) is 1. The van der Waals surface area contributed by atoms with Crippen LogP contribution >= 0.6 is 0 Å². The third-order valence-corrected chi connectivity index (χ3v) is 5.46. The number of hydrogen-bond donors (Lipinski definition) is 1. The van der Waals surface area contributed by atoms with E-state index in [-0.39, 0.29) is 0 Å². The Labute approximate surface area is 147 Å². The zero-order valence-corrected chi connectivity index (χ0v) is 17.2. The Morgan fingerprint density at radius 3 is 2.13 bits per heavy atom. The van der Waals surface area contributed by atoms with Crippen LogP contribution in [0.25, 0.3) is 0 Å².